The van der Waals surface area contributed by atoms with E-state index >= 15 is 0 Å². The molecule has 138 valence electrons. The maximum absolute atomic E-state index is 12.0. The smallest absolute Gasteiger partial charge is 0.309 e. The van der Waals surface area contributed by atoms with E-state index in [-0.39, 0.29) is 6.04 Å². The number of amides is 2. The molecule has 0 aliphatic carbocycles. The third-order valence-corrected chi connectivity index (χ3v) is 4.00. The number of nitrogens with one attached hydrogen (secondary N) is 2. The molecule has 2 aromatic carbocycles. The Balaban J connectivity index is 1.82. The molecule has 0 saturated carbocycles. The maximum Gasteiger partial charge on any atom is 0.309 e. The van der Waals surface area contributed by atoms with Crippen molar-refractivity contribution in [2.75, 3.05) is 20.8 Å². The number of rotatable bonds is 7. The quantitative estimate of drug-likeness (QED) is 0.746. The molecule has 6 heteroatoms. The van der Waals surface area contributed by atoms with Crippen molar-refractivity contribution in [1.29, 1.82) is 0 Å². The van der Waals surface area contributed by atoms with Crippen LogP contribution in [0.3, 0.4) is 0 Å². The van der Waals surface area contributed by atoms with Crippen molar-refractivity contribution in [1.82, 2.24) is 10.6 Å². The van der Waals surface area contributed by atoms with Gasteiger partial charge in [0.2, 0.25) is 0 Å². The zero-order valence-corrected chi connectivity index (χ0v) is 15.2. The summed E-state index contributed by atoms with van der Waals surface area (Å²) in [6, 6.07) is 14.8. The Hall–Kier alpha value is -3.02. The number of benzene rings is 2. The van der Waals surface area contributed by atoms with Crippen molar-refractivity contribution in [3.05, 3.63) is 59.7 Å². The van der Waals surface area contributed by atoms with Crippen LogP contribution in [0.25, 0.3) is 0 Å². The highest BCUT2D eigenvalue weighted by atomic mass is 16.5. The molecule has 0 radical (unpaired) electrons. The predicted octanol–water partition coefficient (Wildman–Crippen LogP) is 2.24. The van der Waals surface area contributed by atoms with E-state index in [9.17, 15) is 9.59 Å². The van der Waals surface area contributed by atoms with E-state index in [0.717, 1.165) is 11.1 Å². The van der Waals surface area contributed by atoms with Crippen molar-refractivity contribution >= 4 is 11.8 Å². The standard InChI is InChI=1S/C20H24N2O4/c1-14(16-7-5-4-6-8-16)22-20(24)19(23)21-12-11-15-9-10-17(25-2)18(13-15)26-3/h4-10,13-14H,11-12H2,1-3H3,(H,21,23)(H,22,24)/t14-/m1/s1. The van der Waals surface area contributed by atoms with Gasteiger partial charge in [-0.3, -0.25) is 9.59 Å². The lowest BCUT2D eigenvalue weighted by molar-refractivity contribution is -0.139. The topological polar surface area (TPSA) is 76.7 Å². The van der Waals surface area contributed by atoms with Crippen LogP contribution in [0.4, 0.5) is 0 Å². The van der Waals surface area contributed by atoms with Gasteiger partial charge in [-0.2, -0.15) is 0 Å². The summed E-state index contributed by atoms with van der Waals surface area (Å²) in [4.78, 5) is 23.9. The first-order valence-electron chi connectivity index (χ1n) is 8.39. The molecular formula is C20H24N2O4. The fraction of sp³-hybridized carbons (Fsp3) is 0.300. The average molecular weight is 356 g/mol. The highest BCUT2D eigenvalue weighted by Crippen LogP contribution is 2.27. The van der Waals surface area contributed by atoms with E-state index in [1.54, 1.807) is 14.2 Å². The Kier molecular flexibility index (Phi) is 7.02. The fourth-order valence-corrected chi connectivity index (χ4v) is 2.52. The molecule has 0 heterocycles. The van der Waals surface area contributed by atoms with Crippen LogP contribution in [0.2, 0.25) is 0 Å². The van der Waals surface area contributed by atoms with Crippen LogP contribution in [0, 0.1) is 0 Å². The second-order valence-electron chi connectivity index (χ2n) is 5.80. The molecule has 26 heavy (non-hydrogen) atoms. The van der Waals surface area contributed by atoms with E-state index in [2.05, 4.69) is 10.6 Å². The van der Waals surface area contributed by atoms with Crippen molar-refractivity contribution in [2.45, 2.75) is 19.4 Å². The van der Waals surface area contributed by atoms with Gasteiger partial charge in [0, 0.05) is 6.54 Å². The molecule has 0 unspecified atom stereocenters. The van der Waals surface area contributed by atoms with Gasteiger partial charge in [-0.1, -0.05) is 36.4 Å². The Morgan fingerprint density at radius 2 is 1.65 bits per heavy atom. The first kappa shape index (κ1) is 19.3. The summed E-state index contributed by atoms with van der Waals surface area (Å²) < 4.78 is 10.4. The summed E-state index contributed by atoms with van der Waals surface area (Å²) in [6.45, 7) is 2.19. The number of hydrogen-bond acceptors (Lipinski definition) is 4. The van der Waals surface area contributed by atoms with E-state index in [4.69, 9.17) is 9.47 Å². The molecule has 0 aliphatic rings. The minimum Gasteiger partial charge on any atom is -0.493 e. The number of ether oxygens (including phenoxy) is 2. The molecule has 2 rings (SSSR count). The summed E-state index contributed by atoms with van der Waals surface area (Å²) in [6.07, 6.45) is 0.577. The van der Waals surface area contributed by atoms with Crippen molar-refractivity contribution in [3.8, 4) is 11.5 Å². The third kappa shape index (κ3) is 5.24. The van der Waals surface area contributed by atoms with Crippen LogP contribution in [0.1, 0.15) is 24.1 Å². The fourth-order valence-electron chi connectivity index (χ4n) is 2.52. The number of carbonyl (C=O) groups is 2. The summed E-state index contributed by atoms with van der Waals surface area (Å²) in [5.41, 5.74) is 1.92. The molecule has 2 amide bonds. The first-order chi connectivity index (χ1) is 12.5. The number of methoxy groups -OCH3 is 2. The SMILES string of the molecule is COc1ccc(CCNC(=O)C(=O)N[C@H](C)c2ccccc2)cc1OC. The normalized spacial score (nSPS) is 11.3. The molecule has 0 aromatic heterocycles. The highest BCUT2D eigenvalue weighted by Gasteiger charge is 2.16. The second kappa shape index (κ2) is 9.46. The van der Waals surface area contributed by atoms with Gasteiger partial charge in [0.1, 0.15) is 0 Å². The van der Waals surface area contributed by atoms with Crippen molar-refractivity contribution < 1.29 is 19.1 Å². The van der Waals surface area contributed by atoms with Crippen LogP contribution >= 0.6 is 0 Å². The Labute approximate surface area is 153 Å². The van der Waals surface area contributed by atoms with Crippen molar-refractivity contribution in [3.63, 3.8) is 0 Å². The first-order valence-corrected chi connectivity index (χ1v) is 8.39. The zero-order chi connectivity index (χ0) is 18.9. The predicted molar refractivity (Wildman–Crippen MR) is 99.3 cm³/mol. The number of carbonyl (C=O) groups excluding carboxylic acids is 2. The monoisotopic (exact) mass is 356 g/mol. The Bertz CT molecular complexity index is 747. The molecular weight excluding hydrogens is 332 g/mol. The minimum atomic E-state index is -0.645. The van der Waals surface area contributed by atoms with Crippen LogP contribution in [0.5, 0.6) is 11.5 Å². The Morgan fingerprint density at radius 3 is 2.31 bits per heavy atom. The molecule has 0 bridgehead atoms. The van der Waals surface area contributed by atoms with Gasteiger partial charge in [0.25, 0.3) is 0 Å². The van der Waals surface area contributed by atoms with E-state index in [1.165, 1.54) is 0 Å². The van der Waals surface area contributed by atoms with Crippen LogP contribution in [-0.4, -0.2) is 32.6 Å². The van der Waals surface area contributed by atoms with Gasteiger partial charge in [-0.15, -0.1) is 0 Å². The second-order valence-corrected chi connectivity index (χ2v) is 5.80. The summed E-state index contributed by atoms with van der Waals surface area (Å²) in [5.74, 6) is -0.0118. The van der Waals surface area contributed by atoms with Gasteiger partial charge in [-0.05, 0) is 36.6 Å². The van der Waals surface area contributed by atoms with Gasteiger partial charge < -0.3 is 20.1 Å². The minimum absolute atomic E-state index is 0.236. The van der Waals surface area contributed by atoms with E-state index in [1.807, 2.05) is 55.5 Å². The molecule has 1 atom stereocenters. The molecule has 0 fully saturated rings. The maximum atomic E-state index is 12.0. The summed E-state index contributed by atoms with van der Waals surface area (Å²) >= 11 is 0. The van der Waals surface area contributed by atoms with Gasteiger partial charge in [0.05, 0.1) is 20.3 Å². The molecule has 2 aromatic rings. The lowest BCUT2D eigenvalue weighted by Crippen LogP contribution is -2.41. The van der Waals surface area contributed by atoms with Crippen LogP contribution in [-0.2, 0) is 16.0 Å². The third-order valence-electron chi connectivity index (χ3n) is 4.00. The average Bonchev–Trinajstić information content (AvgIpc) is 2.68. The highest BCUT2D eigenvalue weighted by molar-refractivity contribution is 6.35. The van der Waals surface area contributed by atoms with E-state index < -0.39 is 11.8 Å². The molecule has 0 spiro atoms. The van der Waals surface area contributed by atoms with Crippen LogP contribution in [0.15, 0.2) is 48.5 Å². The summed E-state index contributed by atoms with van der Waals surface area (Å²) in [5, 5.41) is 5.32. The van der Waals surface area contributed by atoms with Gasteiger partial charge >= 0.3 is 11.8 Å². The van der Waals surface area contributed by atoms with Crippen LogP contribution < -0.4 is 20.1 Å². The molecule has 2 N–H and O–H groups in total. The van der Waals surface area contributed by atoms with Crippen molar-refractivity contribution in [2.24, 2.45) is 0 Å². The largest absolute Gasteiger partial charge is 0.493 e. The Morgan fingerprint density at radius 1 is 0.962 bits per heavy atom. The summed E-state index contributed by atoms with van der Waals surface area (Å²) in [7, 11) is 3.15. The zero-order valence-electron chi connectivity index (χ0n) is 15.2. The lowest BCUT2D eigenvalue weighted by Gasteiger charge is -2.14. The molecule has 0 saturated heterocycles. The molecule has 6 nitrogen and oxygen atoms in total. The van der Waals surface area contributed by atoms with Gasteiger partial charge in [0.15, 0.2) is 11.5 Å². The lowest BCUT2D eigenvalue weighted by atomic mass is 10.1. The number of hydrogen-bond donors (Lipinski definition) is 2. The molecule has 0 aliphatic heterocycles. The van der Waals surface area contributed by atoms with Gasteiger partial charge in [-0.25, -0.2) is 0 Å². The van der Waals surface area contributed by atoms with E-state index in [0.29, 0.717) is 24.5 Å².